The van der Waals surface area contributed by atoms with Crippen molar-refractivity contribution in [3.05, 3.63) is 11.3 Å². The average molecular weight is 294 g/mol. The van der Waals surface area contributed by atoms with Crippen LogP contribution in [0.3, 0.4) is 0 Å². The van der Waals surface area contributed by atoms with Gasteiger partial charge in [-0.3, -0.25) is 4.68 Å². The molecule has 21 heavy (non-hydrogen) atoms. The molecule has 122 valence electrons. The minimum absolute atomic E-state index is 0.214. The van der Waals surface area contributed by atoms with E-state index in [0.717, 1.165) is 31.6 Å². The monoisotopic (exact) mass is 294 g/mol. The highest BCUT2D eigenvalue weighted by Gasteiger charge is 2.22. The molecule has 4 nitrogen and oxygen atoms in total. The number of hydrogen-bond donors (Lipinski definition) is 1. The second-order valence-electron chi connectivity index (χ2n) is 7.08. The second-order valence-corrected chi connectivity index (χ2v) is 7.08. The van der Waals surface area contributed by atoms with E-state index < -0.39 is 0 Å². The van der Waals surface area contributed by atoms with Gasteiger partial charge in [-0.05, 0) is 31.6 Å². The van der Waals surface area contributed by atoms with Crippen molar-refractivity contribution in [1.29, 1.82) is 0 Å². The summed E-state index contributed by atoms with van der Waals surface area (Å²) in [6.45, 7) is 15.5. The molecule has 0 aliphatic rings. The van der Waals surface area contributed by atoms with Gasteiger partial charge >= 0.3 is 0 Å². The van der Waals surface area contributed by atoms with Crippen molar-refractivity contribution in [2.45, 2.75) is 60.4 Å². The number of anilines is 1. The highest BCUT2D eigenvalue weighted by Crippen LogP contribution is 2.26. The third-order valence-corrected chi connectivity index (χ3v) is 3.77. The number of nitrogens with two attached hydrogens (primary N) is 1. The lowest BCUT2D eigenvalue weighted by atomic mass is 10.0. The van der Waals surface area contributed by atoms with Gasteiger partial charge < -0.3 is 10.6 Å². The van der Waals surface area contributed by atoms with Crippen LogP contribution in [0.4, 0.5) is 5.82 Å². The van der Waals surface area contributed by atoms with Crippen LogP contribution in [0.15, 0.2) is 0 Å². The molecule has 0 radical (unpaired) electrons. The van der Waals surface area contributed by atoms with Crippen LogP contribution in [0.5, 0.6) is 0 Å². The van der Waals surface area contributed by atoms with E-state index in [1.165, 1.54) is 11.4 Å². The van der Waals surface area contributed by atoms with E-state index in [9.17, 15) is 0 Å². The SMILES string of the molecule is CCC(N)Cc1c(C)nn(C)c1N(CC(C)C)CC(C)C. The Morgan fingerprint density at radius 2 is 1.67 bits per heavy atom. The zero-order valence-electron chi connectivity index (χ0n) is 15.0. The number of aryl methyl sites for hydroxylation is 2. The van der Waals surface area contributed by atoms with Gasteiger partial charge in [0.05, 0.1) is 5.69 Å². The van der Waals surface area contributed by atoms with Gasteiger partial charge in [-0.15, -0.1) is 0 Å². The summed E-state index contributed by atoms with van der Waals surface area (Å²) in [5, 5.41) is 4.65. The molecule has 0 fully saturated rings. The predicted octanol–water partition coefficient (Wildman–Crippen LogP) is 3.13. The van der Waals surface area contributed by atoms with E-state index in [-0.39, 0.29) is 6.04 Å². The Bertz CT molecular complexity index is 424. The van der Waals surface area contributed by atoms with Gasteiger partial charge in [0.25, 0.3) is 0 Å². The van der Waals surface area contributed by atoms with Crippen molar-refractivity contribution >= 4 is 5.82 Å². The lowest BCUT2D eigenvalue weighted by Crippen LogP contribution is -2.34. The molecule has 1 atom stereocenters. The zero-order valence-corrected chi connectivity index (χ0v) is 15.0. The fourth-order valence-electron chi connectivity index (χ4n) is 2.86. The van der Waals surface area contributed by atoms with Crippen LogP contribution < -0.4 is 10.6 Å². The fourth-order valence-corrected chi connectivity index (χ4v) is 2.86. The van der Waals surface area contributed by atoms with Crippen LogP contribution >= 0.6 is 0 Å². The zero-order chi connectivity index (χ0) is 16.2. The molecule has 1 aromatic heterocycles. The topological polar surface area (TPSA) is 47.1 Å². The van der Waals surface area contributed by atoms with Crippen LogP contribution in [0.25, 0.3) is 0 Å². The molecule has 4 heteroatoms. The van der Waals surface area contributed by atoms with Crippen LogP contribution in [0.1, 0.15) is 52.3 Å². The van der Waals surface area contributed by atoms with E-state index in [0.29, 0.717) is 11.8 Å². The maximum absolute atomic E-state index is 6.20. The van der Waals surface area contributed by atoms with Gasteiger partial charge in [0.2, 0.25) is 0 Å². The minimum atomic E-state index is 0.214. The van der Waals surface area contributed by atoms with Crippen molar-refractivity contribution in [3.8, 4) is 0 Å². The molecule has 1 aromatic rings. The van der Waals surface area contributed by atoms with Gasteiger partial charge in [-0.25, -0.2) is 0 Å². The third kappa shape index (κ3) is 5.03. The van der Waals surface area contributed by atoms with Crippen LogP contribution in [0, 0.1) is 18.8 Å². The highest BCUT2D eigenvalue weighted by atomic mass is 15.4. The summed E-state index contributed by atoms with van der Waals surface area (Å²) in [5.41, 5.74) is 8.65. The Kier molecular flexibility index (Phi) is 6.72. The molecule has 0 aromatic carbocycles. The number of aromatic nitrogens is 2. The van der Waals surface area contributed by atoms with Gasteiger partial charge in [0.15, 0.2) is 0 Å². The minimum Gasteiger partial charge on any atom is -0.356 e. The molecule has 1 heterocycles. The molecule has 0 aliphatic carbocycles. The molecular weight excluding hydrogens is 260 g/mol. The van der Waals surface area contributed by atoms with Gasteiger partial charge in [0.1, 0.15) is 5.82 Å². The first-order chi connectivity index (χ1) is 9.76. The summed E-state index contributed by atoms with van der Waals surface area (Å²) in [6.07, 6.45) is 1.92. The molecular formula is C17H34N4. The summed E-state index contributed by atoms with van der Waals surface area (Å²) in [4.78, 5) is 2.49. The van der Waals surface area contributed by atoms with E-state index in [4.69, 9.17) is 5.73 Å². The average Bonchev–Trinajstić information content (AvgIpc) is 2.62. The maximum Gasteiger partial charge on any atom is 0.130 e. The second kappa shape index (κ2) is 7.83. The Labute approximate surface area is 130 Å². The Morgan fingerprint density at radius 1 is 1.14 bits per heavy atom. The van der Waals surface area contributed by atoms with E-state index >= 15 is 0 Å². The number of nitrogens with zero attached hydrogens (tertiary/aromatic N) is 3. The molecule has 0 aliphatic heterocycles. The summed E-state index contributed by atoms with van der Waals surface area (Å²) >= 11 is 0. The summed E-state index contributed by atoms with van der Waals surface area (Å²) in [6, 6.07) is 0.214. The highest BCUT2D eigenvalue weighted by molar-refractivity contribution is 5.50. The van der Waals surface area contributed by atoms with Gasteiger partial charge in [-0.1, -0.05) is 34.6 Å². The molecule has 2 N–H and O–H groups in total. The lowest BCUT2D eigenvalue weighted by Gasteiger charge is -2.29. The van der Waals surface area contributed by atoms with E-state index in [1.54, 1.807) is 0 Å². The maximum atomic E-state index is 6.20. The van der Waals surface area contributed by atoms with Crippen molar-refractivity contribution in [2.24, 2.45) is 24.6 Å². The molecule has 0 amide bonds. The number of hydrogen-bond acceptors (Lipinski definition) is 3. The van der Waals surface area contributed by atoms with Crippen molar-refractivity contribution in [1.82, 2.24) is 9.78 Å². The molecule has 1 rings (SSSR count). The van der Waals surface area contributed by atoms with Gasteiger partial charge in [-0.2, -0.15) is 5.10 Å². The Balaban J connectivity index is 3.15. The summed E-state index contributed by atoms with van der Waals surface area (Å²) < 4.78 is 2.04. The number of rotatable bonds is 8. The molecule has 0 bridgehead atoms. The lowest BCUT2D eigenvalue weighted by molar-refractivity contribution is 0.536. The van der Waals surface area contributed by atoms with Crippen LogP contribution in [0.2, 0.25) is 0 Å². The van der Waals surface area contributed by atoms with E-state index in [1.807, 2.05) is 4.68 Å². The van der Waals surface area contributed by atoms with Crippen molar-refractivity contribution < 1.29 is 0 Å². The van der Waals surface area contributed by atoms with Crippen LogP contribution in [-0.4, -0.2) is 28.9 Å². The smallest absolute Gasteiger partial charge is 0.130 e. The summed E-state index contributed by atoms with van der Waals surface area (Å²) in [5.74, 6) is 2.53. The van der Waals surface area contributed by atoms with Crippen LogP contribution in [-0.2, 0) is 13.5 Å². The third-order valence-electron chi connectivity index (χ3n) is 3.77. The molecule has 1 unspecified atom stereocenters. The Hall–Kier alpha value is -1.03. The van der Waals surface area contributed by atoms with Gasteiger partial charge in [0, 0.05) is 31.7 Å². The normalized spacial score (nSPS) is 13.2. The van der Waals surface area contributed by atoms with Crippen molar-refractivity contribution in [2.75, 3.05) is 18.0 Å². The quantitative estimate of drug-likeness (QED) is 0.801. The largest absolute Gasteiger partial charge is 0.356 e. The first-order valence-electron chi connectivity index (χ1n) is 8.29. The van der Waals surface area contributed by atoms with Crippen molar-refractivity contribution in [3.63, 3.8) is 0 Å². The summed E-state index contributed by atoms with van der Waals surface area (Å²) in [7, 11) is 2.05. The standard InChI is InChI=1S/C17H34N4/c1-8-15(18)9-16-14(6)19-20(7)17(16)21(10-12(2)3)11-13(4)5/h12-13,15H,8-11,18H2,1-7H3. The molecule has 0 saturated heterocycles. The fraction of sp³-hybridized carbons (Fsp3) is 0.824. The molecule has 0 spiro atoms. The van der Waals surface area contributed by atoms with E-state index in [2.05, 4.69) is 58.6 Å². The molecule has 0 saturated carbocycles. The first-order valence-corrected chi connectivity index (χ1v) is 8.29. The Morgan fingerprint density at radius 3 is 2.10 bits per heavy atom. The first kappa shape index (κ1) is 18.0. The predicted molar refractivity (Wildman–Crippen MR) is 91.8 cm³/mol.